The number of benzene rings is 1. The van der Waals surface area contributed by atoms with Crippen molar-refractivity contribution in [2.75, 3.05) is 31.1 Å². The monoisotopic (exact) mass is 222 g/mol. The second-order valence-electron chi connectivity index (χ2n) is 3.52. The first kappa shape index (κ1) is 12.7. The molecule has 2 nitrogen and oxygen atoms in total. The van der Waals surface area contributed by atoms with Gasteiger partial charge in [-0.15, -0.1) is 6.58 Å². The molecule has 1 N–H and O–H groups in total. The lowest BCUT2D eigenvalue weighted by Crippen LogP contribution is -2.32. The summed E-state index contributed by atoms with van der Waals surface area (Å²) >= 11 is 0. The van der Waals surface area contributed by atoms with E-state index in [0.717, 1.165) is 26.2 Å². The Morgan fingerprint density at radius 3 is 2.81 bits per heavy atom. The molecule has 0 saturated heterocycles. The Morgan fingerprint density at radius 1 is 1.44 bits per heavy atom. The number of nitrogens with zero attached hydrogens (tertiary/aromatic N) is 1. The Bertz CT molecular complexity index is 325. The highest BCUT2D eigenvalue weighted by Crippen LogP contribution is 2.17. The molecule has 1 aromatic carbocycles. The summed E-state index contributed by atoms with van der Waals surface area (Å²) in [7, 11) is 0. The molecular formula is C13H19FN2. The molecule has 3 heteroatoms. The standard InChI is InChI=1S/C13H19FN2/c1-3-9-15-10-11-16(4-2)13-8-6-5-7-12(13)14/h3,5-8,15H,1,4,9-11H2,2H3. The van der Waals surface area contributed by atoms with Crippen molar-refractivity contribution >= 4 is 5.69 Å². The van der Waals surface area contributed by atoms with Crippen LogP contribution in [0, 0.1) is 5.82 Å². The van der Waals surface area contributed by atoms with Gasteiger partial charge in [-0.2, -0.15) is 0 Å². The van der Waals surface area contributed by atoms with Crippen molar-refractivity contribution in [3.63, 3.8) is 0 Å². The zero-order valence-corrected chi connectivity index (χ0v) is 9.75. The number of rotatable bonds is 7. The van der Waals surface area contributed by atoms with E-state index in [-0.39, 0.29) is 5.82 Å². The molecule has 1 rings (SSSR count). The van der Waals surface area contributed by atoms with Crippen LogP contribution in [0.4, 0.5) is 10.1 Å². The lowest BCUT2D eigenvalue weighted by atomic mass is 10.2. The first-order valence-corrected chi connectivity index (χ1v) is 5.60. The number of hydrogen-bond acceptors (Lipinski definition) is 2. The first-order valence-electron chi connectivity index (χ1n) is 5.60. The minimum atomic E-state index is -0.159. The smallest absolute Gasteiger partial charge is 0.146 e. The number of halogens is 1. The van der Waals surface area contributed by atoms with Gasteiger partial charge in [0, 0.05) is 26.2 Å². The molecule has 1 aromatic rings. The minimum absolute atomic E-state index is 0.159. The maximum Gasteiger partial charge on any atom is 0.146 e. The Balaban J connectivity index is 2.54. The maximum atomic E-state index is 13.5. The van der Waals surface area contributed by atoms with Crippen molar-refractivity contribution in [2.45, 2.75) is 6.92 Å². The first-order chi connectivity index (χ1) is 7.79. The van der Waals surface area contributed by atoms with Crippen molar-refractivity contribution < 1.29 is 4.39 Å². The van der Waals surface area contributed by atoms with Gasteiger partial charge >= 0.3 is 0 Å². The van der Waals surface area contributed by atoms with E-state index >= 15 is 0 Å². The van der Waals surface area contributed by atoms with Crippen LogP contribution in [0.25, 0.3) is 0 Å². The van der Waals surface area contributed by atoms with E-state index in [1.165, 1.54) is 6.07 Å². The van der Waals surface area contributed by atoms with Gasteiger partial charge in [-0.25, -0.2) is 4.39 Å². The summed E-state index contributed by atoms with van der Waals surface area (Å²) in [6.45, 7) is 8.87. The van der Waals surface area contributed by atoms with Crippen molar-refractivity contribution in [1.29, 1.82) is 0 Å². The molecule has 0 atom stereocenters. The van der Waals surface area contributed by atoms with E-state index in [4.69, 9.17) is 0 Å². The van der Waals surface area contributed by atoms with Crippen LogP contribution < -0.4 is 10.2 Å². The highest BCUT2D eigenvalue weighted by Gasteiger charge is 2.07. The third-order valence-electron chi connectivity index (χ3n) is 2.42. The van der Waals surface area contributed by atoms with E-state index in [9.17, 15) is 4.39 Å². The lowest BCUT2D eigenvalue weighted by Gasteiger charge is -2.23. The van der Waals surface area contributed by atoms with Crippen LogP contribution in [-0.2, 0) is 0 Å². The fraction of sp³-hybridized carbons (Fsp3) is 0.385. The van der Waals surface area contributed by atoms with Crippen LogP contribution in [0.5, 0.6) is 0 Å². The molecule has 0 aliphatic heterocycles. The SMILES string of the molecule is C=CCNCCN(CC)c1ccccc1F. The fourth-order valence-corrected chi connectivity index (χ4v) is 1.58. The molecule has 0 radical (unpaired) electrons. The number of para-hydroxylation sites is 1. The zero-order chi connectivity index (χ0) is 11.8. The molecule has 0 aromatic heterocycles. The molecule has 0 amide bonds. The van der Waals surface area contributed by atoms with Crippen LogP contribution in [0.15, 0.2) is 36.9 Å². The number of likely N-dealkylation sites (N-methyl/N-ethyl adjacent to an activating group) is 1. The fourth-order valence-electron chi connectivity index (χ4n) is 1.58. The molecule has 0 aliphatic rings. The highest BCUT2D eigenvalue weighted by molar-refractivity contribution is 5.47. The van der Waals surface area contributed by atoms with Crippen molar-refractivity contribution in [3.8, 4) is 0 Å². The molecule has 0 saturated carbocycles. The van der Waals surface area contributed by atoms with Gasteiger partial charge in [0.15, 0.2) is 0 Å². The third kappa shape index (κ3) is 3.66. The van der Waals surface area contributed by atoms with Crippen LogP contribution in [-0.4, -0.2) is 26.2 Å². The average molecular weight is 222 g/mol. The van der Waals surface area contributed by atoms with Gasteiger partial charge in [-0.3, -0.25) is 0 Å². The van der Waals surface area contributed by atoms with E-state index in [0.29, 0.717) is 5.69 Å². The molecule has 0 aliphatic carbocycles. The second-order valence-corrected chi connectivity index (χ2v) is 3.52. The summed E-state index contributed by atoms with van der Waals surface area (Å²) in [5, 5.41) is 3.21. The predicted molar refractivity (Wildman–Crippen MR) is 67.4 cm³/mol. The second kappa shape index (κ2) is 7.01. The predicted octanol–water partition coefficient (Wildman–Crippen LogP) is 2.43. The van der Waals surface area contributed by atoms with Gasteiger partial charge in [-0.05, 0) is 19.1 Å². The quantitative estimate of drug-likeness (QED) is 0.563. The molecular weight excluding hydrogens is 203 g/mol. The molecule has 0 unspecified atom stereocenters. The molecule has 0 spiro atoms. The lowest BCUT2D eigenvalue weighted by molar-refractivity contribution is 0.613. The normalized spacial score (nSPS) is 10.1. The van der Waals surface area contributed by atoms with E-state index < -0.39 is 0 Å². The summed E-state index contributed by atoms with van der Waals surface area (Å²) in [6, 6.07) is 6.88. The number of nitrogens with one attached hydrogen (secondary N) is 1. The van der Waals surface area contributed by atoms with Gasteiger partial charge in [0.2, 0.25) is 0 Å². The van der Waals surface area contributed by atoms with Gasteiger partial charge in [-0.1, -0.05) is 18.2 Å². The zero-order valence-electron chi connectivity index (χ0n) is 9.75. The number of hydrogen-bond donors (Lipinski definition) is 1. The summed E-state index contributed by atoms with van der Waals surface area (Å²) in [6.07, 6.45) is 1.82. The van der Waals surface area contributed by atoms with E-state index in [1.807, 2.05) is 30.0 Å². The van der Waals surface area contributed by atoms with Crippen molar-refractivity contribution in [2.24, 2.45) is 0 Å². The van der Waals surface area contributed by atoms with Gasteiger partial charge in [0.25, 0.3) is 0 Å². The summed E-state index contributed by atoms with van der Waals surface area (Å²) in [4.78, 5) is 2.02. The molecule has 16 heavy (non-hydrogen) atoms. The Labute approximate surface area is 96.8 Å². The minimum Gasteiger partial charge on any atom is -0.368 e. The highest BCUT2D eigenvalue weighted by atomic mass is 19.1. The maximum absolute atomic E-state index is 13.5. The molecule has 0 heterocycles. The van der Waals surface area contributed by atoms with Gasteiger partial charge in [0.1, 0.15) is 5.82 Å². The Hall–Kier alpha value is -1.35. The topological polar surface area (TPSA) is 15.3 Å². The van der Waals surface area contributed by atoms with E-state index in [2.05, 4.69) is 11.9 Å². The average Bonchev–Trinajstić information content (AvgIpc) is 2.31. The van der Waals surface area contributed by atoms with Crippen molar-refractivity contribution in [1.82, 2.24) is 5.32 Å². The van der Waals surface area contributed by atoms with Gasteiger partial charge in [0.05, 0.1) is 5.69 Å². The third-order valence-corrected chi connectivity index (χ3v) is 2.42. The number of anilines is 1. The summed E-state index contributed by atoms with van der Waals surface area (Å²) in [5.41, 5.74) is 0.672. The molecule has 0 bridgehead atoms. The van der Waals surface area contributed by atoms with Crippen LogP contribution in [0.2, 0.25) is 0 Å². The molecule has 88 valence electrons. The summed E-state index contributed by atoms with van der Waals surface area (Å²) in [5.74, 6) is -0.159. The van der Waals surface area contributed by atoms with Crippen LogP contribution >= 0.6 is 0 Å². The Morgan fingerprint density at radius 2 is 2.19 bits per heavy atom. The van der Waals surface area contributed by atoms with Gasteiger partial charge < -0.3 is 10.2 Å². The van der Waals surface area contributed by atoms with Crippen LogP contribution in [0.1, 0.15) is 6.92 Å². The largest absolute Gasteiger partial charge is 0.368 e. The summed E-state index contributed by atoms with van der Waals surface area (Å²) < 4.78 is 13.5. The Kier molecular flexibility index (Phi) is 5.57. The van der Waals surface area contributed by atoms with Crippen molar-refractivity contribution in [3.05, 3.63) is 42.7 Å². The molecule has 0 fully saturated rings. The van der Waals surface area contributed by atoms with Crippen LogP contribution in [0.3, 0.4) is 0 Å². The van der Waals surface area contributed by atoms with E-state index in [1.54, 1.807) is 6.07 Å².